The largest absolute Gasteiger partial charge is 0.324 e. The summed E-state index contributed by atoms with van der Waals surface area (Å²) in [6, 6.07) is 6.00. The lowest BCUT2D eigenvalue weighted by Gasteiger charge is -2.07. The van der Waals surface area contributed by atoms with Crippen molar-refractivity contribution in [2.24, 2.45) is 0 Å². The monoisotopic (exact) mass is 233 g/mol. The quantitative estimate of drug-likeness (QED) is 0.825. The van der Waals surface area contributed by atoms with Crippen molar-refractivity contribution in [2.45, 2.75) is 18.9 Å². The van der Waals surface area contributed by atoms with Gasteiger partial charge in [-0.15, -0.1) is 0 Å². The molecule has 1 aromatic carbocycles. The molecule has 0 atom stereocenters. The SMILES string of the molecule is N#Cc1cc(F)ccc1NC(=O)CNC1CC1. The maximum Gasteiger partial charge on any atom is 0.238 e. The lowest BCUT2D eigenvalue weighted by atomic mass is 10.2. The summed E-state index contributed by atoms with van der Waals surface area (Å²) in [5.74, 6) is -0.712. The van der Waals surface area contributed by atoms with Crippen LogP contribution in [0.4, 0.5) is 10.1 Å². The van der Waals surface area contributed by atoms with Crippen LogP contribution in [0.25, 0.3) is 0 Å². The Morgan fingerprint density at radius 3 is 2.94 bits per heavy atom. The van der Waals surface area contributed by atoms with E-state index in [0.29, 0.717) is 11.7 Å². The molecule has 17 heavy (non-hydrogen) atoms. The molecule has 1 aliphatic carbocycles. The van der Waals surface area contributed by atoms with Crippen LogP contribution < -0.4 is 10.6 Å². The topological polar surface area (TPSA) is 64.9 Å². The molecule has 1 amide bonds. The van der Waals surface area contributed by atoms with Crippen LogP contribution in [0.3, 0.4) is 0 Å². The number of benzene rings is 1. The van der Waals surface area contributed by atoms with Gasteiger partial charge in [-0.05, 0) is 31.0 Å². The molecule has 1 saturated carbocycles. The number of carbonyl (C=O) groups is 1. The normalized spacial score (nSPS) is 14.1. The highest BCUT2D eigenvalue weighted by molar-refractivity contribution is 5.93. The summed E-state index contributed by atoms with van der Waals surface area (Å²) in [6.45, 7) is 0.215. The van der Waals surface area contributed by atoms with Gasteiger partial charge < -0.3 is 10.6 Å². The molecule has 1 aliphatic rings. The molecule has 0 heterocycles. The Balaban J connectivity index is 1.97. The smallest absolute Gasteiger partial charge is 0.238 e. The summed E-state index contributed by atoms with van der Waals surface area (Å²) in [5.41, 5.74) is 0.473. The van der Waals surface area contributed by atoms with E-state index in [4.69, 9.17) is 5.26 Å². The highest BCUT2D eigenvalue weighted by Crippen LogP contribution is 2.18. The van der Waals surface area contributed by atoms with Gasteiger partial charge in [-0.3, -0.25) is 4.79 Å². The number of nitrogens with one attached hydrogen (secondary N) is 2. The lowest BCUT2D eigenvalue weighted by molar-refractivity contribution is -0.115. The van der Waals surface area contributed by atoms with Crippen LogP contribution in [-0.4, -0.2) is 18.5 Å². The molecule has 0 unspecified atom stereocenters. The zero-order chi connectivity index (χ0) is 12.3. The molecule has 88 valence electrons. The Morgan fingerprint density at radius 2 is 2.29 bits per heavy atom. The van der Waals surface area contributed by atoms with Gasteiger partial charge in [0.1, 0.15) is 11.9 Å². The van der Waals surface area contributed by atoms with Gasteiger partial charge in [0, 0.05) is 6.04 Å². The predicted octanol–water partition coefficient (Wildman–Crippen LogP) is 1.39. The second-order valence-corrected chi connectivity index (χ2v) is 4.01. The molecule has 1 fully saturated rings. The molecule has 5 heteroatoms. The second-order valence-electron chi connectivity index (χ2n) is 4.01. The number of amides is 1. The van der Waals surface area contributed by atoms with Crippen LogP contribution in [0.5, 0.6) is 0 Å². The fourth-order valence-corrected chi connectivity index (χ4v) is 1.44. The van der Waals surface area contributed by atoms with Gasteiger partial charge in [0.05, 0.1) is 17.8 Å². The maximum atomic E-state index is 12.9. The number of nitrogens with zero attached hydrogens (tertiary/aromatic N) is 1. The molecular weight excluding hydrogens is 221 g/mol. The van der Waals surface area contributed by atoms with E-state index in [2.05, 4.69) is 10.6 Å². The summed E-state index contributed by atoms with van der Waals surface area (Å²) >= 11 is 0. The van der Waals surface area contributed by atoms with Crippen LogP contribution in [0.15, 0.2) is 18.2 Å². The molecule has 0 spiro atoms. The minimum atomic E-state index is -0.490. The van der Waals surface area contributed by atoms with E-state index in [1.54, 1.807) is 0 Å². The summed E-state index contributed by atoms with van der Waals surface area (Å²) in [7, 11) is 0. The third-order valence-electron chi connectivity index (χ3n) is 2.50. The van der Waals surface area contributed by atoms with Gasteiger partial charge >= 0.3 is 0 Å². The molecular formula is C12H12FN3O. The van der Waals surface area contributed by atoms with Gasteiger partial charge in [-0.25, -0.2) is 4.39 Å². The van der Waals surface area contributed by atoms with Crippen LogP contribution in [-0.2, 0) is 4.79 Å². The van der Waals surface area contributed by atoms with Gasteiger partial charge in [0.2, 0.25) is 5.91 Å². The van der Waals surface area contributed by atoms with E-state index in [1.807, 2.05) is 6.07 Å². The van der Waals surface area contributed by atoms with Crippen LogP contribution in [0, 0.1) is 17.1 Å². The first kappa shape index (κ1) is 11.6. The van der Waals surface area contributed by atoms with Crippen LogP contribution >= 0.6 is 0 Å². The maximum absolute atomic E-state index is 12.9. The molecule has 0 radical (unpaired) electrons. The van der Waals surface area contributed by atoms with Crippen molar-refractivity contribution in [3.05, 3.63) is 29.6 Å². The summed E-state index contributed by atoms with van der Waals surface area (Å²) in [4.78, 5) is 11.5. The van der Waals surface area contributed by atoms with E-state index in [0.717, 1.165) is 18.9 Å². The number of rotatable bonds is 4. The van der Waals surface area contributed by atoms with Gasteiger partial charge in [-0.1, -0.05) is 0 Å². The summed E-state index contributed by atoms with van der Waals surface area (Å²) < 4.78 is 12.9. The molecule has 0 aliphatic heterocycles. The van der Waals surface area contributed by atoms with Gasteiger partial charge in [0.25, 0.3) is 0 Å². The first-order valence-electron chi connectivity index (χ1n) is 5.42. The first-order chi connectivity index (χ1) is 8.19. The average Bonchev–Trinajstić information content (AvgIpc) is 3.12. The second kappa shape index (κ2) is 4.93. The molecule has 0 aromatic heterocycles. The fraction of sp³-hybridized carbons (Fsp3) is 0.333. The van der Waals surface area contributed by atoms with E-state index in [9.17, 15) is 9.18 Å². The summed E-state index contributed by atoms with van der Waals surface area (Å²) in [6.07, 6.45) is 2.21. The van der Waals surface area contributed by atoms with Crippen LogP contribution in [0.1, 0.15) is 18.4 Å². The van der Waals surface area contributed by atoms with E-state index < -0.39 is 5.82 Å². The molecule has 1 aromatic rings. The van der Waals surface area contributed by atoms with Crippen molar-refractivity contribution in [3.63, 3.8) is 0 Å². The van der Waals surface area contributed by atoms with Crippen molar-refractivity contribution in [1.82, 2.24) is 5.32 Å². The van der Waals surface area contributed by atoms with Crippen molar-refractivity contribution >= 4 is 11.6 Å². The Kier molecular flexibility index (Phi) is 3.35. The molecule has 2 rings (SSSR count). The van der Waals surface area contributed by atoms with Crippen molar-refractivity contribution < 1.29 is 9.18 Å². The Labute approximate surface area is 98.4 Å². The number of hydrogen-bond acceptors (Lipinski definition) is 3. The molecule has 2 N–H and O–H groups in total. The van der Waals surface area contributed by atoms with E-state index in [1.165, 1.54) is 12.1 Å². The number of nitriles is 1. The standard InChI is InChI=1S/C12H12FN3O/c13-9-1-4-11(8(5-9)6-14)16-12(17)7-15-10-2-3-10/h1,4-5,10,15H,2-3,7H2,(H,16,17). The highest BCUT2D eigenvalue weighted by atomic mass is 19.1. The number of halogens is 1. The minimum Gasteiger partial charge on any atom is -0.324 e. The van der Waals surface area contributed by atoms with E-state index in [-0.39, 0.29) is 18.0 Å². The number of carbonyl (C=O) groups excluding carboxylic acids is 1. The van der Waals surface area contributed by atoms with Crippen molar-refractivity contribution in [2.75, 3.05) is 11.9 Å². The lowest BCUT2D eigenvalue weighted by Crippen LogP contribution is -2.29. The third-order valence-corrected chi connectivity index (χ3v) is 2.50. The fourth-order valence-electron chi connectivity index (χ4n) is 1.44. The van der Waals surface area contributed by atoms with Gasteiger partial charge in [-0.2, -0.15) is 5.26 Å². The van der Waals surface area contributed by atoms with E-state index >= 15 is 0 Å². The minimum absolute atomic E-state index is 0.129. The van der Waals surface area contributed by atoms with Gasteiger partial charge in [0.15, 0.2) is 0 Å². The average molecular weight is 233 g/mol. The summed E-state index contributed by atoms with van der Waals surface area (Å²) in [5, 5.41) is 14.4. The third kappa shape index (κ3) is 3.26. The van der Waals surface area contributed by atoms with Crippen molar-refractivity contribution in [1.29, 1.82) is 5.26 Å². The zero-order valence-corrected chi connectivity index (χ0v) is 9.16. The van der Waals surface area contributed by atoms with Crippen LogP contribution in [0.2, 0.25) is 0 Å². The first-order valence-corrected chi connectivity index (χ1v) is 5.42. The molecule has 4 nitrogen and oxygen atoms in total. The predicted molar refractivity (Wildman–Crippen MR) is 60.8 cm³/mol. The Morgan fingerprint density at radius 1 is 1.53 bits per heavy atom. The Hall–Kier alpha value is -1.93. The Bertz CT molecular complexity index is 477. The molecule has 0 saturated heterocycles. The number of hydrogen-bond donors (Lipinski definition) is 2. The molecule has 0 bridgehead atoms. The van der Waals surface area contributed by atoms with Crippen molar-refractivity contribution in [3.8, 4) is 6.07 Å². The number of anilines is 1. The highest BCUT2D eigenvalue weighted by Gasteiger charge is 2.21. The zero-order valence-electron chi connectivity index (χ0n) is 9.16.